The second kappa shape index (κ2) is 4.96. The summed E-state index contributed by atoms with van der Waals surface area (Å²) in [4.78, 5) is 0.0146. The van der Waals surface area contributed by atoms with Crippen LogP contribution in [-0.4, -0.2) is 26.0 Å². The highest BCUT2D eigenvalue weighted by molar-refractivity contribution is 8.00. The molecule has 0 spiro atoms. The first-order chi connectivity index (χ1) is 8.80. The van der Waals surface area contributed by atoms with Gasteiger partial charge in [-0.05, 0) is 43.7 Å². The molecule has 1 aromatic carbocycles. The normalized spacial score (nSPS) is 17.4. The molecule has 0 heterocycles. The summed E-state index contributed by atoms with van der Waals surface area (Å²) in [6, 6.07) is 2.45. The number of thioether (sulfide) groups is 1. The summed E-state index contributed by atoms with van der Waals surface area (Å²) in [6.07, 6.45) is 4.00. The van der Waals surface area contributed by atoms with Crippen LogP contribution in [-0.2, 0) is 10.0 Å². The zero-order valence-corrected chi connectivity index (χ0v) is 12.5. The molecule has 1 fully saturated rings. The summed E-state index contributed by atoms with van der Waals surface area (Å²) >= 11 is 1.67. The molecule has 3 N–H and O–H groups in total. The van der Waals surface area contributed by atoms with Gasteiger partial charge >= 0.3 is 0 Å². The van der Waals surface area contributed by atoms with Crippen LogP contribution in [0.4, 0.5) is 10.1 Å². The van der Waals surface area contributed by atoms with Gasteiger partial charge < -0.3 is 5.73 Å². The van der Waals surface area contributed by atoms with Crippen molar-refractivity contribution in [2.45, 2.75) is 29.4 Å². The Balaban J connectivity index is 2.20. The van der Waals surface area contributed by atoms with Crippen LogP contribution in [0.15, 0.2) is 17.0 Å². The molecule has 0 radical (unpaired) electrons. The Labute approximate surface area is 117 Å². The summed E-state index contributed by atoms with van der Waals surface area (Å²) in [5.41, 5.74) is 5.55. The molecular formula is C12H17FN2O2S2. The second-order valence-corrected chi connectivity index (χ2v) is 7.90. The van der Waals surface area contributed by atoms with Crippen molar-refractivity contribution in [2.24, 2.45) is 0 Å². The lowest BCUT2D eigenvalue weighted by Gasteiger charge is -2.14. The van der Waals surface area contributed by atoms with Crippen LogP contribution in [0.3, 0.4) is 0 Å². The lowest BCUT2D eigenvalue weighted by Crippen LogP contribution is -2.31. The molecule has 1 aliphatic carbocycles. The van der Waals surface area contributed by atoms with Crippen molar-refractivity contribution in [1.29, 1.82) is 0 Å². The molecular weight excluding hydrogens is 287 g/mol. The fraction of sp³-hybridized carbons (Fsp3) is 0.500. The Bertz CT molecular complexity index is 575. The third-order valence-electron chi connectivity index (χ3n) is 3.39. The Hall–Kier alpha value is -0.790. The van der Waals surface area contributed by atoms with Gasteiger partial charge in [0.15, 0.2) is 0 Å². The predicted octanol–water partition coefficient (Wildman–Crippen LogP) is 1.89. The van der Waals surface area contributed by atoms with E-state index in [1.165, 1.54) is 13.0 Å². The third kappa shape index (κ3) is 3.04. The first-order valence-corrected chi connectivity index (χ1v) is 8.61. The van der Waals surface area contributed by atoms with Gasteiger partial charge in [0, 0.05) is 11.3 Å². The van der Waals surface area contributed by atoms with Gasteiger partial charge in [0.1, 0.15) is 5.82 Å². The van der Waals surface area contributed by atoms with Crippen molar-refractivity contribution < 1.29 is 12.8 Å². The van der Waals surface area contributed by atoms with Gasteiger partial charge in [0.05, 0.1) is 10.6 Å². The van der Waals surface area contributed by atoms with Crippen LogP contribution in [0.5, 0.6) is 0 Å². The van der Waals surface area contributed by atoms with Crippen molar-refractivity contribution in [1.82, 2.24) is 4.72 Å². The SMILES string of the molecule is CSC1(CNS(=O)(=O)c2cc(C)c(F)c(N)c2)CC1. The van der Waals surface area contributed by atoms with Gasteiger partial charge in [-0.3, -0.25) is 0 Å². The van der Waals surface area contributed by atoms with Crippen LogP contribution < -0.4 is 10.5 Å². The van der Waals surface area contributed by atoms with Gasteiger partial charge in [0.25, 0.3) is 0 Å². The predicted molar refractivity (Wildman–Crippen MR) is 76.2 cm³/mol. The number of halogens is 1. The Morgan fingerprint density at radius 2 is 2.11 bits per heavy atom. The highest BCUT2D eigenvalue weighted by Crippen LogP contribution is 2.46. The van der Waals surface area contributed by atoms with E-state index in [1.54, 1.807) is 11.8 Å². The minimum absolute atomic E-state index is 0.0146. The number of anilines is 1. The summed E-state index contributed by atoms with van der Waals surface area (Å²) in [6.45, 7) is 1.89. The second-order valence-electron chi connectivity index (χ2n) is 4.86. The van der Waals surface area contributed by atoms with Crippen LogP contribution >= 0.6 is 11.8 Å². The summed E-state index contributed by atoms with van der Waals surface area (Å²) in [5.74, 6) is -0.568. The molecule has 7 heteroatoms. The quantitative estimate of drug-likeness (QED) is 0.815. The topological polar surface area (TPSA) is 72.2 Å². The minimum Gasteiger partial charge on any atom is -0.396 e. The number of rotatable bonds is 5. The van der Waals surface area contributed by atoms with E-state index in [-0.39, 0.29) is 20.9 Å². The van der Waals surface area contributed by atoms with Crippen molar-refractivity contribution in [3.8, 4) is 0 Å². The van der Waals surface area contributed by atoms with Crippen LogP contribution in [0.25, 0.3) is 0 Å². The van der Waals surface area contributed by atoms with E-state index >= 15 is 0 Å². The van der Waals surface area contributed by atoms with Gasteiger partial charge in [-0.2, -0.15) is 11.8 Å². The van der Waals surface area contributed by atoms with E-state index in [2.05, 4.69) is 4.72 Å². The molecule has 1 saturated carbocycles. The number of sulfonamides is 1. The van der Waals surface area contributed by atoms with E-state index in [4.69, 9.17) is 5.73 Å². The average molecular weight is 304 g/mol. The van der Waals surface area contributed by atoms with Crippen LogP contribution in [0, 0.1) is 12.7 Å². The molecule has 2 rings (SSSR count). The summed E-state index contributed by atoms with van der Waals surface area (Å²) in [7, 11) is -3.64. The number of aryl methyl sites for hydroxylation is 1. The van der Waals surface area contributed by atoms with Crippen molar-refractivity contribution >= 4 is 27.5 Å². The Morgan fingerprint density at radius 3 is 2.58 bits per heavy atom. The monoisotopic (exact) mass is 304 g/mol. The van der Waals surface area contributed by atoms with Crippen molar-refractivity contribution in [2.75, 3.05) is 18.5 Å². The number of hydrogen-bond donors (Lipinski definition) is 2. The smallest absolute Gasteiger partial charge is 0.240 e. The molecule has 19 heavy (non-hydrogen) atoms. The zero-order chi connectivity index (χ0) is 14.3. The van der Waals surface area contributed by atoms with E-state index in [9.17, 15) is 12.8 Å². The molecule has 106 valence electrons. The maximum absolute atomic E-state index is 13.4. The van der Waals surface area contributed by atoms with E-state index < -0.39 is 15.8 Å². The fourth-order valence-corrected chi connectivity index (χ4v) is 3.89. The summed E-state index contributed by atoms with van der Waals surface area (Å²) in [5, 5.41) is 0. The highest BCUT2D eigenvalue weighted by atomic mass is 32.2. The maximum Gasteiger partial charge on any atom is 0.240 e. The van der Waals surface area contributed by atoms with E-state index in [0.29, 0.717) is 6.54 Å². The molecule has 0 aliphatic heterocycles. The Morgan fingerprint density at radius 1 is 1.47 bits per heavy atom. The molecule has 0 atom stereocenters. The van der Waals surface area contributed by atoms with Crippen molar-refractivity contribution in [3.05, 3.63) is 23.5 Å². The molecule has 4 nitrogen and oxygen atoms in total. The lowest BCUT2D eigenvalue weighted by atomic mass is 10.2. The van der Waals surface area contributed by atoms with Gasteiger partial charge in [-0.25, -0.2) is 17.5 Å². The number of hydrogen-bond acceptors (Lipinski definition) is 4. The largest absolute Gasteiger partial charge is 0.396 e. The first kappa shape index (κ1) is 14.6. The Kier molecular flexibility index (Phi) is 3.81. The minimum atomic E-state index is -3.64. The maximum atomic E-state index is 13.4. The van der Waals surface area contributed by atoms with Gasteiger partial charge in [0.2, 0.25) is 10.0 Å². The number of nitrogens with one attached hydrogen (secondary N) is 1. The standard InChI is InChI=1S/C12H17FN2O2S2/c1-8-5-9(6-10(14)11(8)13)19(16,17)15-7-12(18-2)3-4-12/h5-6,15H,3-4,7,14H2,1-2H3. The average Bonchev–Trinajstić information content (AvgIpc) is 3.14. The molecule has 0 aromatic heterocycles. The number of benzene rings is 1. The fourth-order valence-electron chi connectivity index (χ4n) is 1.82. The molecule has 0 unspecified atom stereocenters. The van der Waals surface area contributed by atoms with Gasteiger partial charge in [-0.1, -0.05) is 0 Å². The molecule has 1 aliphatic rings. The summed E-state index contributed by atoms with van der Waals surface area (Å²) < 4.78 is 40.3. The first-order valence-electron chi connectivity index (χ1n) is 5.90. The van der Waals surface area contributed by atoms with Crippen LogP contribution in [0.1, 0.15) is 18.4 Å². The molecule has 0 saturated heterocycles. The number of nitrogen functional groups attached to an aromatic ring is 1. The van der Waals surface area contributed by atoms with Crippen molar-refractivity contribution in [3.63, 3.8) is 0 Å². The molecule has 0 amide bonds. The van der Waals surface area contributed by atoms with E-state index in [1.807, 2.05) is 6.26 Å². The van der Waals surface area contributed by atoms with Crippen LogP contribution in [0.2, 0.25) is 0 Å². The highest BCUT2D eigenvalue weighted by Gasteiger charge is 2.42. The zero-order valence-electron chi connectivity index (χ0n) is 10.9. The molecule has 0 bridgehead atoms. The van der Waals surface area contributed by atoms with Gasteiger partial charge in [-0.15, -0.1) is 0 Å². The van der Waals surface area contributed by atoms with E-state index in [0.717, 1.165) is 18.9 Å². The number of nitrogens with two attached hydrogens (primary N) is 1. The molecule has 1 aromatic rings. The third-order valence-corrected chi connectivity index (χ3v) is 6.19. The lowest BCUT2D eigenvalue weighted by molar-refractivity contribution is 0.578.